The van der Waals surface area contributed by atoms with Crippen molar-refractivity contribution in [1.29, 1.82) is 0 Å². The van der Waals surface area contributed by atoms with Gasteiger partial charge in [-0.25, -0.2) is 0 Å². The fourth-order valence-electron chi connectivity index (χ4n) is 1.55. The van der Waals surface area contributed by atoms with Crippen molar-refractivity contribution in [3.05, 3.63) is 57.0 Å². The molecule has 3 heteroatoms. The average molecular weight is 235 g/mol. The van der Waals surface area contributed by atoms with Crippen molar-refractivity contribution in [3.8, 4) is 5.75 Å². The first kappa shape index (κ1) is 9.13. The lowest BCUT2D eigenvalue weighted by atomic mass is 10.1. The first-order valence-corrected chi connectivity index (χ1v) is 5.77. The van der Waals surface area contributed by atoms with E-state index in [1.165, 1.54) is 11.8 Å². The minimum absolute atomic E-state index is 0.771. The van der Waals surface area contributed by atoms with Gasteiger partial charge in [-0.05, 0) is 24.3 Å². The minimum Gasteiger partial charge on any atom is -0.456 e. The molecule has 1 aromatic carbocycles. The highest BCUT2D eigenvalue weighted by Gasteiger charge is 2.19. The monoisotopic (exact) mass is 234 g/mol. The molecular formula is C12H7ClOS. The van der Waals surface area contributed by atoms with E-state index in [9.17, 15) is 0 Å². The molecule has 74 valence electrons. The Morgan fingerprint density at radius 1 is 1.13 bits per heavy atom. The van der Waals surface area contributed by atoms with E-state index in [1.807, 2.05) is 36.4 Å². The highest BCUT2D eigenvalue weighted by Crippen LogP contribution is 2.43. The zero-order chi connectivity index (χ0) is 10.3. The first-order valence-electron chi connectivity index (χ1n) is 4.57. The largest absolute Gasteiger partial charge is 0.456 e. The van der Waals surface area contributed by atoms with Gasteiger partial charge in [0.05, 0.1) is 9.27 Å². The molecule has 0 amide bonds. The summed E-state index contributed by atoms with van der Waals surface area (Å²) in [5, 5.41) is 0. The van der Waals surface area contributed by atoms with Gasteiger partial charge in [0.2, 0.25) is 0 Å². The highest BCUT2D eigenvalue weighted by atomic mass is 35.5. The number of halogens is 1. The van der Waals surface area contributed by atoms with Gasteiger partial charge in [0.25, 0.3) is 0 Å². The van der Waals surface area contributed by atoms with Crippen molar-refractivity contribution in [2.24, 2.45) is 0 Å². The smallest absolute Gasteiger partial charge is 0.141 e. The topological polar surface area (TPSA) is 9.23 Å². The SMILES string of the molecule is ClC1=CC=C2Oc3ccccc3C=C2S1. The molecule has 0 saturated heterocycles. The summed E-state index contributed by atoms with van der Waals surface area (Å²) in [5.41, 5.74) is 1.10. The summed E-state index contributed by atoms with van der Waals surface area (Å²) in [4.78, 5) is 1.07. The third-order valence-corrected chi connectivity index (χ3v) is 3.47. The van der Waals surface area contributed by atoms with Gasteiger partial charge in [-0.15, -0.1) is 0 Å². The molecule has 0 radical (unpaired) electrons. The zero-order valence-corrected chi connectivity index (χ0v) is 9.31. The Balaban J connectivity index is 2.11. The van der Waals surface area contributed by atoms with Crippen LogP contribution in [0.1, 0.15) is 5.56 Å². The maximum Gasteiger partial charge on any atom is 0.141 e. The third-order valence-electron chi connectivity index (χ3n) is 2.24. The van der Waals surface area contributed by atoms with E-state index >= 15 is 0 Å². The van der Waals surface area contributed by atoms with E-state index in [0.29, 0.717) is 0 Å². The third kappa shape index (κ3) is 1.60. The molecule has 0 spiro atoms. The molecule has 0 fully saturated rings. The quantitative estimate of drug-likeness (QED) is 0.668. The molecule has 15 heavy (non-hydrogen) atoms. The van der Waals surface area contributed by atoms with Crippen LogP contribution in [0.3, 0.4) is 0 Å². The van der Waals surface area contributed by atoms with Crippen LogP contribution in [0.2, 0.25) is 0 Å². The number of ether oxygens (including phenoxy) is 1. The molecule has 2 aliphatic heterocycles. The lowest BCUT2D eigenvalue weighted by Gasteiger charge is -2.21. The molecular weight excluding hydrogens is 228 g/mol. The number of rotatable bonds is 0. The fraction of sp³-hybridized carbons (Fsp3) is 0. The second-order valence-electron chi connectivity index (χ2n) is 3.25. The second-order valence-corrected chi connectivity index (χ2v) is 4.97. The van der Waals surface area contributed by atoms with Crippen molar-refractivity contribution >= 4 is 29.4 Å². The highest BCUT2D eigenvalue weighted by molar-refractivity contribution is 8.08. The van der Waals surface area contributed by atoms with Crippen LogP contribution in [0.4, 0.5) is 0 Å². The fourth-order valence-corrected chi connectivity index (χ4v) is 2.60. The summed E-state index contributed by atoms with van der Waals surface area (Å²) in [6.45, 7) is 0. The molecule has 0 atom stereocenters. The van der Waals surface area contributed by atoms with E-state index in [0.717, 1.165) is 26.3 Å². The summed E-state index contributed by atoms with van der Waals surface area (Å²) in [6.07, 6.45) is 5.86. The van der Waals surface area contributed by atoms with Gasteiger partial charge in [-0.3, -0.25) is 0 Å². The Morgan fingerprint density at radius 2 is 2.00 bits per heavy atom. The number of allylic oxidation sites excluding steroid dienone is 2. The van der Waals surface area contributed by atoms with E-state index in [1.54, 1.807) is 0 Å². The molecule has 0 aromatic heterocycles. The van der Waals surface area contributed by atoms with Gasteiger partial charge in [0.1, 0.15) is 11.5 Å². The number of thioether (sulfide) groups is 1. The van der Waals surface area contributed by atoms with E-state index in [2.05, 4.69) is 6.08 Å². The van der Waals surface area contributed by atoms with Gasteiger partial charge < -0.3 is 4.74 Å². The summed E-state index contributed by atoms with van der Waals surface area (Å²) in [6, 6.07) is 7.97. The lowest BCUT2D eigenvalue weighted by Crippen LogP contribution is -2.04. The Kier molecular flexibility index (Phi) is 2.11. The van der Waals surface area contributed by atoms with Crippen molar-refractivity contribution in [2.75, 3.05) is 0 Å². The predicted octanol–water partition coefficient (Wildman–Crippen LogP) is 4.13. The summed E-state index contributed by atoms with van der Waals surface area (Å²) < 4.78 is 6.52. The average Bonchev–Trinajstić information content (AvgIpc) is 2.26. The Hall–Kier alpha value is -1.12. The number of para-hydroxylation sites is 1. The predicted molar refractivity (Wildman–Crippen MR) is 64.7 cm³/mol. The van der Waals surface area contributed by atoms with Crippen molar-refractivity contribution in [3.63, 3.8) is 0 Å². The van der Waals surface area contributed by atoms with Crippen LogP contribution in [0, 0.1) is 0 Å². The Morgan fingerprint density at radius 3 is 2.93 bits per heavy atom. The van der Waals surface area contributed by atoms with Crippen LogP contribution in [-0.2, 0) is 0 Å². The number of benzene rings is 1. The molecule has 1 aromatic rings. The number of fused-ring (bicyclic) bond motifs is 2. The molecule has 0 aliphatic carbocycles. The molecule has 0 bridgehead atoms. The molecule has 0 saturated carbocycles. The first-order chi connectivity index (χ1) is 7.33. The Bertz CT molecular complexity index is 514. The summed E-state index contributed by atoms with van der Waals surface area (Å²) >= 11 is 7.47. The van der Waals surface area contributed by atoms with Crippen LogP contribution in [-0.4, -0.2) is 0 Å². The standard InChI is InChI=1S/C12H7ClOS/c13-12-6-5-10-11(15-12)7-8-3-1-2-4-9(8)14-10/h1-7H. The van der Waals surface area contributed by atoms with Gasteiger partial charge in [-0.1, -0.05) is 41.6 Å². The van der Waals surface area contributed by atoms with E-state index in [4.69, 9.17) is 16.3 Å². The number of hydrogen-bond acceptors (Lipinski definition) is 2. The van der Waals surface area contributed by atoms with Gasteiger partial charge >= 0.3 is 0 Å². The van der Waals surface area contributed by atoms with Crippen molar-refractivity contribution < 1.29 is 4.74 Å². The van der Waals surface area contributed by atoms with E-state index in [-0.39, 0.29) is 0 Å². The van der Waals surface area contributed by atoms with Crippen LogP contribution < -0.4 is 4.74 Å². The van der Waals surface area contributed by atoms with Crippen LogP contribution in [0.25, 0.3) is 6.08 Å². The molecule has 3 rings (SSSR count). The lowest BCUT2D eigenvalue weighted by molar-refractivity contribution is 0.437. The van der Waals surface area contributed by atoms with E-state index < -0.39 is 0 Å². The molecule has 0 unspecified atom stereocenters. The summed E-state index contributed by atoms with van der Waals surface area (Å²) in [5.74, 6) is 1.78. The summed E-state index contributed by atoms with van der Waals surface area (Å²) in [7, 11) is 0. The van der Waals surface area contributed by atoms with Gasteiger partial charge in [0, 0.05) is 5.56 Å². The minimum atomic E-state index is 0.771. The molecule has 2 aliphatic rings. The van der Waals surface area contributed by atoms with Crippen LogP contribution >= 0.6 is 23.4 Å². The molecule has 0 N–H and O–H groups in total. The molecule has 1 nitrogen and oxygen atoms in total. The second kappa shape index (κ2) is 3.47. The maximum atomic E-state index is 5.95. The van der Waals surface area contributed by atoms with Crippen LogP contribution in [0.15, 0.2) is 51.4 Å². The zero-order valence-electron chi connectivity index (χ0n) is 7.74. The van der Waals surface area contributed by atoms with Gasteiger partial charge in [-0.2, -0.15) is 0 Å². The Labute approximate surface area is 97.1 Å². The van der Waals surface area contributed by atoms with Crippen molar-refractivity contribution in [1.82, 2.24) is 0 Å². The number of hydrogen-bond donors (Lipinski definition) is 0. The van der Waals surface area contributed by atoms with Gasteiger partial charge in [0.15, 0.2) is 0 Å². The van der Waals surface area contributed by atoms with Crippen LogP contribution in [0.5, 0.6) is 5.75 Å². The van der Waals surface area contributed by atoms with Crippen molar-refractivity contribution in [2.45, 2.75) is 0 Å². The maximum absolute atomic E-state index is 5.95. The normalized spacial score (nSPS) is 17.8. The molecule has 2 heterocycles.